The normalized spacial score (nSPS) is 20.7. The van der Waals surface area contributed by atoms with Gasteiger partial charge in [0.2, 0.25) is 53.2 Å². The standard InChI is InChI=1S/C51H80N16O12/c1-3-29(2)41(48(77)67-25-8-13-36(67)43(72)61-33(49(78)79)11-5-21-58-51(55)56)63-45(74)37-14-7-24-66(37)47(76)38-15-9-22-64(38)40(70)28-59-42(71)34(26-30-16-18-31(68)19-17-30)62-44(73)35-12-6-23-65(35)46(75)32(60-39(69)27-52)10-4-20-57-50(53)54/h16-19,29,32-38,41,68H,3-15,20-28,52H2,1-2H3,(H,59,71)(H,60,69)(H,61,72)(H,62,73)(H,63,74)(H,78,79)(H4,53,54,57)(H4,55,56,58)/t29-,32-,33-,34-,35-,36-,37-,38-,41-/m0/s1. The number of likely N-dealkylation sites (tertiary alicyclic amines) is 4. The number of carboxylic acids is 1. The number of nitrogens with two attached hydrogens (primary N) is 5. The van der Waals surface area contributed by atoms with E-state index in [0.717, 1.165) is 0 Å². The van der Waals surface area contributed by atoms with Gasteiger partial charge in [-0.2, -0.15) is 0 Å². The van der Waals surface area contributed by atoms with E-state index >= 15 is 0 Å². The number of nitrogens with one attached hydrogen (secondary N) is 5. The summed E-state index contributed by atoms with van der Waals surface area (Å²) in [5.41, 5.74) is 27.7. The van der Waals surface area contributed by atoms with Crippen molar-refractivity contribution in [3.63, 3.8) is 0 Å². The lowest BCUT2D eigenvalue weighted by Crippen LogP contribution is -2.59. The van der Waals surface area contributed by atoms with E-state index in [9.17, 15) is 58.2 Å². The summed E-state index contributed by atoms with van der Waals surface area (Å²) in [7, 11) is 0. The minimum atomic E-state index is -1.28. The SMILES string of the molecule is CC[C@H](C)[C@H](NC(=O)[C@@H]1CCCN1C(=O)[C@@H]1CCCN1C(=O)CNC(=O)[C@H](Cc1ccc(O)cc1)NC(=O)[C@@H]1CCCN1C(=O)[C@H](CCCN=C(N)N)NC(=O)CN)C(=O)N1CCC[C@H]1C(=O)N[C@@H](CCCN=C(N)N)C(=O)O. The number of rotatable bonds is 27. The van der Waals surface area contributed by atoms with E-state index in [1.165, 1.54) is 31.7 Å². The molecule has 0 radical (unpaired) electrons. The molecule has 4 aliphatic heterocycles. The fraction of sp³-hybridized carbons (Fsp3) is 0.647. The van der Waals surface area contributed by atoms with Gasteiger partial charge in [0.1, 0.15) is 54.1 Å². The predicted molar refractivity (Wildman–Crippen MR) is 287 cm³/mol. The second-order valence-corrected chi connectivity index (χ2v) is 20.5. The maximum absolute atomic E-state index is 14.4. The zero-order valence-electron chi connectivity index (χ0n) is 45.1. The van der Waals surface area contributed by atoms with Gasteiger partial charge in [-0.3, -0.25) is 53.1 Å². The number of amides is 9. The number of aliphatic carboxylic acids is 1. The fourth-order valence-corrected chi connectivity index (χ4v) is 10.5. The van der Waals surface area contributed by atoms with E-state index in [1.807, 2.05) is 6.92 Å². The number of nitrogens with zero attached hydrogens (tertiary/aromatic N) is 6. The molecule has 17 N–H and O–H groups in total. The predicted octanol–water partition coefficient (Wildman–Crippen LogP) is -3.85. The second-order valence-electron chi connectivity index (χ2n) is 20.5. The van der Waals surface area contributed by atoms with Crippen LogP contribution in [0.2, 0.25) is 0 Å². The molecule has 1 aromatic carbocycles. The Morgan fingerprint density at radius 1 is 0.633 bits per heavy atom. The Kier molecular flexibility index (Phi) is 23.4. The number of phenols is 1. The van der Waals surface area contributed by atoms with Crippen molar-refractivity contribution in [2.24, 2.45) is 44.6 Å². The highest BCUT2D eigenvalue weighted by atomic mass is 16.4. The number of hydrogen-bond donors (Lipinski definition) is 12. The van der Waals surface area contributed by atoms with Gasteiger partial charge >= 0.3 is 5.97 Å². The lowest BCUT2D eigenvalue weighted by atomic mass is 9.96. The van der Waals surface area contributed by atoms with Crippen molar-refractivity contribution in [2.45, 2.75) is 152 Å². The topological polar surface area (TPSA) is 439 Å². The minimum Gasteiger partial charge on any atom is -0.508 e. The summed E-state index contributed by atoms with van der Waals surface area (Å²) in [4.78, 5) is 150. The summed E-state index contributed by atoms with van der Waals surface area (Å²) >= 11 is 0. The Hall–Kier alpha value is -7.78. The van der Waals surface area contributed by atoms with E-state index in [0.29, 0.717) is 44.1 Å². The molecule has 9 amide bonds. The molecule has 79 heavy (non-hydrogen) atoms. The summed E-state index contributed by atoms with van der Waals surface area (Å²) in [6, 6.07) is -2.70. The molecular formula is C51H80N16O12. The Morgan fingerprint density at radius 3 is 1.65 bits per heavy atom. The molecule has 0 unspecified atom stereocenters. The first-order valence-corrected chi connectivity index (χ1v) is 27.2. The summed E-state index contributed by atoms with van der Waals surface area (Å²) in [6.45, 7) is 3.79. The number of phenolic OH excluding ortho intramolecular Hbond substituents is 1. The number of carboxylic acid groups (broad SMARTS) is 1. The molecule has 9 atom stereocenters. The maximum Gasteiger partial charge on any atom is 0.326 e. The maximum atomic E-state index is 14.4. The Morgan fingerprint density at radius 2 is 1.11 bits per heavy atom. The number of aliphatic imine (C=N–C) groups is 2. The van der Waals surface area contributed by atoms with E-state index in [4.69, 9.17) is 28.7 Å². The number of carbonyl (C=O) groups excluding carboxylic acids is 9. The van der Waals surface area contributed by atoms with Crippen molar-refractivity contribution >= 4 is 71.1 Å². The number of carbonyl (C=O) groups is 10. The van der Waals surface area contributed by atoms with E-state index < -0.39 is 120 Å². The van der Waals surface area contributed by atoms with Gasteiger partial charge in [-0.25, -0.2) is 4.79 Å². The molecule has 28 nitrogen and oxygen atoms in total. The molecule has 4 heterocycles. The molecule has 0 bridgehead atoms. The van der Waals surface area contributed by atoms with Gasteiger partial charge in [-0.15, -0.1) is 0 Å². The van der Waals surface area contributed by atoms with Crippen LogP contribution in [0.1, 0.15) is 103 Å². The van der Waals surface area contributed by atoms with Crippen molar-refractivity contribution < 1.29 is 58.2 Å². The molecule has 28 heteroatoms. The summed E-state index contributed by atoms with van der Waals surface area (Å²) in [5.74, 6) is -7.31. The average molecular weight is 1110 g/mol. The zero-order valence-corrected chi connectivity index (χ0v) is 45.1. The van der Waals surface area contributed by atoms with Gasteiger partial charge in [0.05, 0.1) is 13.1 Å². The second kappa shape index (κ2) is 29.8. The molecule has 0 saturated carbocycles. The van der Waals surface area contributed by atoms with Gasteiger partial charge < -0.3 is 85.1 Å². The first-order valence-electron chi connectivity index (χ1n) is 27.2. The van der Waals surface area contributed by atoms with Crippen LogP contribution in [-0.4, -0.2) is 202 Å². The molecule has 4 saturated heterocycles. The minimum absolute atomic E-state index is 0.0334. The molecule has 5 rings (SSSR count). The van der Waals surface area contributed by atoms with Crippen molar-refractivity contribution in [3.05, 3.63) is 29.8 Å². The monoisotopic (exact) mass is 1110 g/mol. The van der Waals surface area contributed by atoms with Crippen LogP contribution in [0.5, 0.6) is 5.75 Å². The van der Waals surface area contributed by atoms with Gasteiger partial charge in [0, 0.05) is 45.7 Å². The van der Waals surface area contributed by atoms with Gasteiger partial charge in [0.15, 0.2) is 11.9 Å². The average Bonchev–Trinajstić information content (AvgIpc) is 4.41. The van der Waals surface area contributed by atoms with Crippen molar-refractivity contribution in [1.29, 1.82) is 0 Å². The van der Waals surface area contributed by atoms with Crippen molar-refractivity contribution in [1.82, 2.24) is 46.2 Å². The Labute approximate surface area is 458 Å². The molecule has 4 fully saturated rings. The number of aromatic hydroxyl groups is 1. The molecule has 0 spiro atoms. The number of benzene rings is 1. The van der Waals surface area contributed by atoms with Crippen LogP contribution in [0.4, 0.5) is 0 Å². The highest BCUT2D eigenvalue weighted by Crippen LogP contribution is 2.27. The quantitative estimate of drug-likeness (QED) is 0.0228. The highest BCUT2D eigenvalue weighted by molar-refractivity contribution is 5.98. The Balaban J connectivity index is 1.23. The summed E-state index contributed by atoms with van der Waals surface area (Å²) in [5, 5.41) is 33.2. The third-order valence-corrected chi connectivity index (χ3v) is 14.9. The number of hydrogen-bond acceptors (Lipinski definition) is 14. The molecule has 1 aromatic rings. The van der Waals surface area contributed by atoms with Crippen molar-refractivity contribution in [2.75, 3.05) is 52.4 Å². The van der Waals surface area contributed by atoms with Crippen LogP contribution in [0.25, 0.3) is 0 Å². The van der Waals surface area contributed by atoms with Crippen molar-refractivity contribution in [3.8, 4) is 5.75 Å². The van der Waals surface area contributed by atoms with Crippen LogP contribution < -0.4 is 55.3 Å². The first kappa shape index (κ1) is 62.1. The summed E-state index contributed by atoms with van der Waals surface area (Å²) < 4.78 is 0. The molecule has 0 aromatic heterocycles. The molecule has 0 aliphatic carbocycles. The van der Waals surface area contributed by atoms with Gasteiger partial charge in [-0.05, 0) is 101 Å². The van der Waals surface area contributed by atoms with Crippen LogP contribution in [0, 0.1) is 5.92 Å². The first-order chi connectivity index (χ1) is 37.6. The lowest BCUT2D eigenvalue weighted by molar-refractivity contribution is -0.148. The third kappa shape index (κ3) is 17.4. The third-order valence-electron chi connectivity index (χ3n) is 14.9. The zero-order chi connectivity index (χ0) is 57.9. The van der Waals surface area contributed by atoms with Gasteiger partial charge in [-0.1, -0.05) is 32.4 Å². The Bertz CT molecular complexity index is 2420. The largest absolute Gasteiger partial charge is 0.508 e. The van der Waals surface area contributed by atoms with Crippen LogP contribution in [0.15, 0.2) is 34.3 Å². The fourth-order valence-electron chi connectivity index (χ4n) is 10.5. The molecule has 436 valence electrons. The van der Waals surface area contributed by atoms with Gasteiger partial charge in [0.25, 0.3) is 0 Å². The van der Waals surface area contributed by atoms with Crippen LogP contribution >= 0.6 is 0 Å². The van der Waals surface area contributed by atoms with E-state index in [-0.39, 0.29) is 115 Å². The molecule has 4 aliphatic rings. The van der Waals surface area contributed by atoms with Crippen LogP contribution in [0.3, 0.4) is 0 Å². The highest BCUT2D eigenvalue weighted by Gasteiger charge is 2.45. The number of guanidine groups is 2. The lowest BCUT2D eigenvalue weighted by Gasteiger charge is -2.34. The van der Waals surface area contributed by atoms with E-state index in [1.54, 1.807) is 19.1 Å². The van der Waals surface area contributed by atoms with E-state index in [2.05, 4.69) is 36.6 Å². The smallest absolute Gasteiger partial charge is 0.326 e. The molecular weight excluding hydrogens is 1030 g/mol. The van der Waals surface area contributed by atoms with Crippen LogP contribution in [-0.2, 0) is 54.4 Å². The summed E-state index contributed by atoms with van der Waals surface area (Å²) in [6.07, 6.45) is 4.05.